The Morgan fingerprint density at radius 2 is 2.00 bits per heavy atom. The molecule has 0 saturated heterocycles. The van der Waals surface area contributed by atoms with E-state index in [1.54, 1.807) is 18.2 Å². The predicted octanol–water partition coefficient (Wildman–Crippen LogP) is 3.17. The summed E-state index contributed by atoms with van der Waals surface area (Å²) in [7, 11) is 0. The van der Waals surface area contributed by atoms with Gasteiger partial charge in [0.2, 0.25) is 0 Å². The van der Waals surface area contributed by atoms with Gasteiger partial charge in [-0.3, -0.25) is 4.79 Å². The van der Waals surface area contributed by atoms with Gasteiger partial charge >= 0.3 is 5.63 Å². The average Bonchev–Trinajstić information content (AvgIpc) is 2.52. The first-order valence-corrected chi connectivity index (χ1v) is 7.10. The zero-order valence-corrected chi connectivity index (χ0v) is 12.4. The van der Waals surface area contributed by atoms with E-state index in [1.807, 2.05) is 13.0 Å². The maximum absolute atomic E-state index is 13.4. The number of rotatable bonds is 3. The van der Waals surface area contributed by atoms with Gasteiger partial charge in [-0.25, -0.2) is 9.18 Å². The molecule has 0 atom stereocenters. The molecule has 0 radical (unpaired) electrons. The second-order valence-electron chi connectivity index (χ2n) is 5.28. The molecule has 0 spiro atoms. The van der Waals surface area contributed by atoms with E-state index in [9.17, 15) is 14.0 Å². The fourth-order valence-corrected chi connectivity index (χ4v) is 2.41. The third-order valence-corrected chi connectivity index (χ3v) is 3.51. The molecule has 23 heavy (non-hydrogen) atoms. The maximum Gasteiger partial charge on any atom is 0.336 e. The Kier molecular flexibility index (Phi) is 3.93. The molecule has 0 aliphatic rings. The molecule has 0 aliphatic heterocycles. The largest absolute Gasteiger partial charge is 0.423 e. The molecular formula is C18H14FNO3. The lowest BCUT2D eigenvalue weighted by Crippen LogP contribution is -2.23. The SMILES string of the molecule is Cc1cccc(C(=O)NCc2cc(=O)oc3ccc(F)cc23)c1. The number of nitrogens with one attached hydrogen (secondary N) is 1. The van der Waals surface area contributed by atoms with E-state index in [-0.39, 0.29) is 12.5 Å². The predicted molar refractivity (Wildman–Crippen MR) is 84.8 cm³/mol. The van der Waals surface area contributed by atoms with Gasteiger partial charge in [-0.2, -0.15) is 0 Å². The van der Waals surface area contributed by atoms with Crippen molar-refractivity contribution in [1.82, 2.24) is 5.32 Å². The molecule has 1 aromatic heterocycles. The molecule has 0 unspecified atom stereocenters. The highest BCUT2D eigenvalue weighted by Gasteiger charge is 2.10. The van der Waals surface area contributed by atoms with Crippen LogP contribution in [-0.2, 0) is 6.54 Å². The maximum atomic E-state index is 13.4. The fraction of sp³-hybridized carbons (Fsp3) is 0.111. The molecule has 1 amide bonds. The molecule has 2 aromatic carbocycles. The lowest BCUT2D eigenvalue weighted by molar-refractivity contribution is 0.0951. The fourth-order valence-electron chi connectivity index (χ4n) is 2.41. The quantitative estimate of drug-likeness (QED) is 0.756. The van der Waals surface area contributed by atoms with Crippen LogP contribution in [0.25, 0.3) is 11.0 Å². The van der Waals surface area contributed by atoms with Gasteiger partial charge in [-0.05, 0) is 42.8 Å². The Morgan fingerprint density at radius 3 is 2.78 bits per heavy atom. The smallest absolute Gasteiger partial charge is 0.336 e. The van der Waals surface area contributed by atoms with Crippen molar-refractivity contribution in [3.8, 4) is 0 Å². The van der Waals surface area contributed by atoms with Crippen LogP contribution >= 0.6 is 0 Å². The number of amides is 1. The number of benzene rings is 2. The van der Waals surface area contributed by atoms with Crippen molar-refractivity contribution in [2.24, 2.45) is 0 Å². The van der Waals surface area contributed by atoms with Gasteiger partial charge in [-0.15, -0.1) is 0 Å². The molecule has 1 heterocycles. The van der Waals surface area contributed by atoms with Crippen molar-refractivity contribution in [2.75, 3.05) is 0 Å². The Balaban J connectivity index is 1.88. The summed E-state index contributed by atoms with van der Waals surface area (Å²) in [5.41, 5.74) is 1.77. The molecule has 0 aliphatic carbocycles. The molecule has 4 nitrogen and oxygen atoms in total. The summed E-state index contributed by atoms with van der Waals surface area (Å²) < 4.78 is 18.4. The number of halogens is 1. The van der Waals surface area contributed by atoms with Crippen LogP contribution in [0.2, 0.25) is 0 Å². The minimum Gasteiger partial charge on any atom is -0.423 e. The lowest BCUT2D eigenvalue weighted by Gasteiger charge is -2.08. The summed E-state index contributed by atoms with van der Waals surface area (Å²) >= 11 is 0. The highest BCUT2D eigenvalue weighted by atomic mass is 19.1. The molecule has 0 bridgehead atoms. The molecule has 0 fully saturated rings. The van der Waals surface area contributed by atoms with E-state index >= 15 is 0 Å². The van der Waals surface area contributed by atoms with E-state index in [2.05, 4.69) is 5.32 Å². The Bertz CT molecular complexity index is 946. The monoisotopic (exact) mass is 311 g/mol. The molecule has 116 valence electrons. The van der Waals surface area contributed by atoms with Crippen LogP contribution in [0, 0.1) is 12.7 Å². The number of hydrogen-bond donors (Lipinski definition) is 1. The summed E-state index contributed by atoms with van der Waals surface area (Å²) in [6, 6.07) is 12.3. The Hall–Kier alpha value is -2.95. The summed E-state index contributed by atoms with van der Waals surface area (Å²) in [4.78, 5) is 23.7. The summed E-state index contributed by atoms with van der Waals surface area (Å²) in [5.74, 6) is -0.691. The van der Waals surface area contributed by atoms with Crippen LogP contribution in [-0.4, -0.2) is 5.91 Å². The highest BCUT2D eigenvalue weighted by Crippen LogP contribution is 2.18. The van der Waals surface area contributed by atoms with Crippen molar-refractivity contribution in [2.45, 2.75) is 13.5 Å². The highest BCUT2D eigenvalue weighted by molar-refractivity contribution is 5.94. The zero-order chi connectivity index (χ0) is 16.4. The van der Waals surface area contributed by atoms with Crippen LogP contribution in [0.5, 0.6) is 0 Å². The summed E-state index contributed by atoms with van der Waals surface area (Å²) in [5, 5.41) is 3.21. The number of carbonyl (C=O) groups is 1. The van der Waals surface area contributed by atoms with Gasteiger partial charge < -0.3 is 9.73 Å². The van der Waals surface area contributed by atoms with Gasteiger partial charge in [-0.1, -0.05) is 17.7 Å². The van der Waals surface area contributed by atoms with Crippen molar-refractivity contribution in [3.05, 3.63) is 81.5 Å². The van der Waals surface area contributed by atoms with Gasteiger partial charge in [0.25, 0.3) is 5.91 Å². The van der Waals surface area contributed by atoms with Gasteiger partial charge in [0.15, 0.2) is 0 Å². The van der Waals surface area contributed by atoms with Crippen LogP contribution in [0.15, 0.2) is 57.7 Å². The van der Waals surface area contributed by atoms with E-state index in [0.717, 1.165) is 5.56 Å². The first kappa shape index (κ1) is 15.0. The number of fused-ring (bicyclic) bond motifs is 1. The second-order valence-corrected chi connectivity index (χ2v) is 5.28. The van der Waals surface area contributed by atoms with E-state index in [0.29, 0.717) is 22.1 Å². The molecular weight excluding hydrogens is 297 g/mol. The third-order valence-electron chi connectivity index (χ3n) is 3.51. The topological polar surface area (TPSA) is 59.3 Å². The number of hydrogen-bond acceptors (Lipinski definition) is 3. The Labute approximate surface area is 131 Å². The molecule has 3 aromatic rings. The third kappa shape index (κ3) is 3.29. The van der Waals surface area contributed by atoms with Crippen molar-refractivity contribution in [1.29, 1.82) is 0 Å². The van der Waals surface area contributed by atoms with E-state index in [1.165, 1.54) is 24.3 Å². The number of aryl methyl sites for hydroxylation is 1. The first-order chi connectivity index (χ1) is 11.0. The van der Waals surface area contributed by atoms with E-state index in [4.69, 9.17) is 4.42 Å². The first-order valence-electron chi connectivity index (χ1n) is 7.10. The Morgan fingerprint density at radius 1 is 1.17 bits per heavy atom. The van der Waals surface area contributed by atoms with Crippen LogP contribution in [0.4, 0.5) is 4.39 Å². The van der Waals surface area contributed by atoms with Crippen LogP contribution in [0.1, 0.15) is 21.5 Å². The molecule has 0 saturated carbocycles. The normalized spacial score (nSPS) is 10.7. The second kappa shape index (κ2) is 6.04. The molecule has 5 heteroatoms. The van der Waals surface area contributed by atoms with Crippen molar-refractivity contribution < 1.29 is 13.6 Å². The standard InChI is InChI=1S/C18H14FNO3/c1-11-3-2-4-12(7-11)18(22)20-10-13-8-17(21)23-16-6-5-14(19)9-15(13)16/h2-9H,10H2,1H3,(H,20,22). The van der Waals surface area contributed by atoms with E-state index < -0.39 is 11.4 Å². The number of carbonyl (C=O) groups excluding carboxylic acids is 1. The average molecular weight is 311 g/mol. The molecule has 3 rings (SSSR count). The molecule has 1 N–H and O–H groups in total. The van der Waals surface area contributed by atoms with Gasteiger partial charge in [0, 0.05) is 23.6 Å². The minimum absolute atomic E-state index is 0.109. The van der Waals surface area contributed by atoms with Crippen molar-refractivity contribution >= 4 is 16.9 Å². The zero-order valence-electron chi connectivity index (χ0n) is 12.4. The van der Waals surface area contributed by atoms with Crippen LogP contribution in [0.3, 0.4) is 0 Å². The lowest BCUT2D eigenvalue weighted by atomic mass is 10.1. The van der Waals surface area contributed by atoms with Gasteiger partial charge in [0.05, 0.1) is 0 Å². The summed E-state index contributed by atoms with van der Waals surface area (Å²) in [6.07, 6.45) is 0. The van der Waals surface area contributed by atoms with Crippen LogP contribution < -0.4 is 10.9 Å². The summed E-state index contributed by atoms with van der Waals surface area (Å²) in [6.45, 7) is 2.01. The van der Waals surface area contributed by atoms with Crippen molar-refractivity contribution in [3.63, 3.8) is 0 Å². The van der Waals surface area contributed by atoms with Gasteiger partial charge in [0.1, 0.15) is 11.4 Å². The minimum atomic E-state index is -0.538.